The summed E-state index contributed by atoms with van der Waals surface area (Å²) in [5.74, 6) is 0.199. The monoisotopic (exact) mass is 231 g/mol. The molecule has 17 heavy (non-hydrogen) atoms. The second-order valence-electron chi connectivity index (χ2n) is 4.73. The number of benzene rings is 1. The van der Waals surface area contributed by atoms with Crippen molar-refractivity contribution in [2.45, 2.75) is 25.4 Å². The smallest absolute Gasteiger partial charge is 0.0991 e. The number of rotatable bonds is 2. The number of hydrogen-bond donors (Lipinski definition) is 1. The first-order chi connectivity index (χ1) is 8.14. The highest BCUT2D eigenvalue weighted by molar-refractivity contribution is 5.35. The average Bonchev–Trinajstić information content (AvgIpc) is 2.40. The highest BCUT2D eigenvalue weighted by atomic mass is 16.5. The third-order valence-corrected chi connectivity index (χ3v) is 3.59. The van der Waals surface area contributed by atoms with Gasteiger partial charge >= 0.3 is 0 Å². The van der Waals surface area contributed by atoms with Crippen LogP contribution in [-0.2, 0) is 10.3 Å². The number of nitrogens with zero attached hydrogens (tertiary/aromatic N) is 1. The maximum Gasteiger partial charge on any atom is 0.0991 e. The van der Waals surface area contributed by atoms with E-state index < -0.39 is 5.60 Å². The van der Waals surface area contributed by atoms with Crippen molar-refractivity contribution in [3.63, 3.8) is 0 Å². The van der Waals surface area contributed by atoms with E-state index in [0.29, 0.717) is 18.8 Å². The summed E-state index contributed by atoms with van der Waals surface area (Å²) >= 11 is 0. The predicted octanol–water partition coefficient (Wildman–Crippen LogP) is 2.19. The van der Waals surface area contributed by atoms with Gasteiger partial charge in [0.1, 0.15) is 0 Å². The summed E-state index contributed by atoms with van der Waals surface area (Å²) in [6.45, 7) is 3.25. The van der Waals surface area contributed by atoms with Gasteiger partial charge in [-0.05, 0) is 43.4 Å². The summed E-state index contributed by atoms with van der Waals surface area (Å²) in [5.41, 5.74) is 0.537. The Kier molecular flexibility index (Phi) is 3.46. The van der Waals surface area contributed by atoms with Gasteiger partial charge < -0.3 is 9.84 Å². The summed E-state index contributed by atoms with van der Waals surface area (Å²) in [4.78, 5) is 0. The molecular formula is C14H17NO2. The van der Waals surface area contributed by atoms with Crippen LogP contribution in [0.1, 0.15) is 30.9 Å². The molecule has 0 amide bonds. The van der Waals surface area contributed by atoms with Crippen LogP contribution < -0.4 is 0 Å². The van der Waals surface area contributed by atoms with E-state index in [0.717, 1.165) is 18.4 Å². The first kappa shape index (κ1) is 12.1. The normalized spacial score (nSPS) is 20.5. The molecule has 90 valence electrons. The van der Waals surface area contributed by atoms with Crippen LogP contribution in [0.4, 0.5) is 0 Å². The Bertz CT molecular complexity index is 428. The SMILES string of the molecule is CC(O)(c1cccc(C#N)c1)C1CCOCC1. The Balaban J connectivity index is 2.26. The molecule has 0 saturated carbocycles. The van der Waals surface area contributed by atoms with Gasteiger partial charge in [0.15, 0.2) is 0 Å². The van der Waals surface area contributed by atoms with Gasteiger partial charge in [-0.1, -0.05) is 12.1 Å². The molecule has 1 saturated heterocycles. The number of hydrogen-bond acceptors (Lipinski definition) is 3. The molecule has 1 unspecified atom stereocenters. The van der Waals surface area contributed by atoms with Crippen LogP contribution in [0.5, 0.6) is 0 Å². The molecule has 1 aliphatic heterocycles. The summed E-state index contributed by atoms with van der Waals surface area (Å²) in [6.07, 6.45) is 1.73. The van der Waals surface area contributed by atoms with Gasteiger partial charge in [-0.2, -0.15) is 5.26 Å². The zero-order chi connectivity index (χ0) is 12.3. The van der Waals surface area contributed by atoms with Crippen molar-refractivity contribution in [1.82, 2.24) is 0 Å². The first-order valence-electron chi connectivity index (χ1n) is 5.95. The third kappa shape index (κ3) is 2.49. The maximum absolute atomic E-state index is 10.7. The summed E-state index contributed by atoms with van der Waals surface area (Å²) in [6, 6.07) is 9.34. The summed E-state index contributed by atoms with van der Waals surface area (Å²) in [7, 11) is 0. The minimum absolute atomic E-state index is 0.199. The van der Waals surface area contributed by atoms with Crippen molar-refractivity contribution >= 4 is 0 Å². The van der Waals surface area contributed by atoms with Crippen molar-refractivity contribution in [3.8, 4) is 6.07 Å². The second-order valence-corrected chi connectivity index (χ2v) is 4.73. The highest BCUT2D eigenvalue weighted by Crippen LogP contribution is 2.35. The van der Waals surface area contributed by atoms with Crippen LogP contribution in [0.3, 0.4) is 0 Å². The Hall–Kier alpha value is -1.37. The van der Waals surface area contributed by atoms with Crippen LogP contribution in [0, 0.1) is 17.2 Å². The predicted molar refractivity (Wildman–Crippen MR) is 64.3 cm³/mol. The van der Waals surface area contributed by atoms with E-state index in [2.05, 4.69) is 6.07 Å². The highest BCUT2D eigenvalue weighted by Gasteiger charge is 2.34. The van der Waals surface area contributed by atoms with Crippen molar-refractivity contribution in [1.29, 1.82) is 5.26 Å². The summed E-state index contributed by atoms with van der Waals surface area (Å²) in [5, 5.41) is 19.6. The van der Waals surface area contributed by atoms with Crippen molar-refractivity contribution in [2.75, 3.05) is 13.2 Å². The van der Waals surface area contributed by atoms with E-state index >= 15 is 0 Å². The zero-order valence-corrected chi connectivity index (χ0v) is 10.0. The Morgan fingerprint density at radius 3 is 2.76 bits per heavy atom. The molecule has 1 atom stereocenters. The first-order valence-corrected chi connectivity index (χ1v) is 5.95. The van der Waals surface area contributed by atoms with Gasteiger partial charge in [0.2, 0.25) is 0 Å². The van der Waals surface area contributed by atoms with Crippen LogP contribution >= 0.6 is 0 Å². The molecule has 0 aliphatic carbocycles. The molecule has 1 heterocycles. The van der Waals surface area contributed by atoms with Crippen LogP contribution in [0.25, 0.3) is 0 Å². The van der Waals surface area contributed by atoms with Crippen molar-refractivity contribution < 1.29 is 9.84 Å². The Labute approximate surface area is 102 Å². The fraction of sp³-hybridized carbons (Fsp3) is 0.500. The third-order valence-electron chi connectivity index (χ3n) is 3.59. The number of ether oxygens (including phenoxy) is 1. The van der Waals surface area contributed by atoms with Crippen LogP contribution in [-0.4, -0.2) is 18.3 Å². The van der Waals surface area contributed by atoms with Crippen LogP contribution in [0.2, 0.25) is 0 Å². The second kappa shape index (κ2) is 4.87. The average molecular weight is 231 g/mol. The lowest BCUT2D eigenvalue weighted by Gasteiger charge is -2.36. The minimum atomic E-state index is -0.878. The molecule has 0 spiro atoms. The minimum Gasteiger partial charge on any atom is -0.385 e. The van der Waals surface area contributed by atoms with Gasteiger partial charge in [-0.15, -0.1) is 0 Å². The van der Waals surface area contributed by atoms with E-state index in [-0.39, 0.29) is 5.92 Å². The fourth-order valence-corrected chi connectivity index (χ4v) is 2.40. The van der Waals surface area contributed by atoms with E-state index in [1.807, 2.05) is 19.1 Å². The molecule has 3 heteroatoms. The largest absolute Gasteiger partial charge is 0.385 e. The topological polar surface area (TPSA) is 53.2 Å². The fourth-order valence-electron chi connectivity index (χ4n) is 2.40. The number of nitriles is 1. The van der Waals surface area contributed by atoms with Gasteiger partial charge in [-0.3, -0.25) is 0 Å². The molecule has 1 N–H and O–H groups in total. The molecule has 0 radical (unpaired) electrons. The molecule has 3 nitrogen and oxygen atoms in total. The van der Waals surface area contributed by atoms with E-state index in [9.17, 15) is 5.11 Å². The van der Waals surface area contributed by atoms with E-state index in [1.165, 1.54) is 0 Å². The van der Waals surface area contributed by atoms with Crippen molar-refractivity contribution in [2.24, 2.45) is 5.92 Å². The van der Waals surface area contributed by atoms with Crippen molar-refractivity contribution in [3.05, 3.63) is 35.4 Å². The van der Waals surface area contributed by atoms with Gasteiger partial charge in [0.25, 0.3) is 0 Å². The lowest BCUT2D eigenvalue weighted by atomic mass is 9.78. The standard InChI is InChI=1S/C14H17NO2/c1-14(16,12-5-7-17-8-6-12)13-4-2-3-11(9-13)10-15/h2-4,9,12,16H,5-8H2,1H3. The van der Waals surface area contributed by atoms with E-state index in [1.54, 1.807) is 12.1 Å². The van der Waals surface area contributed by atoms with Gasteiger partial charge in [-0.25, -0.2) is 0 Å². The molecule has 0 aromatic heterocycles. The quantitative estimate of drug-likeness (QED) is 0.848. The molecule has 2 rings (SSSR count). The number of aliphatic hydroxyl groups is 1. The molecule has 1 aliphatic rings. The van der Waals surface area contributed by atoms with Crippen LogP contribution in [0.15, 0.2) is 24.3 Å². The molecule has 1 aromatic carbocycles. The maximum atomic E-state index is 10.7. The molecule has 0 bridgehead atoms. The lowest BCUT2D eigenvalue weighted by molar-refractivity contribution is -0.0579. The Morgan fingerprint density at radius 2 is 2.12 bits per heavy atom. The van der Waals surface area contributed by atoms with Gasteiger partial charge in [0.05, 0.1) is 17.2 Å². The molecular weight excluding hydrogens is 214 g/mol. The Morgan fingerprint density at radius 1 is 1.41 bits per heavy atom. The lowest BCUT2D eigenvalue weighted by Crippen LogP contribution is -2.35. The molecule has 1 fully saturated rings. The zero-order valence-electron chi connectivity index (χ0n) is 10.0. The summed E-state index contributed by atoms with van der Waals surface area (Å²) < 4.78 is 5.31. The van der Waals surface area contributed by atoms with Gasteiger partial charge in [0, 0.05) is 13.2 Å². The van der Waals surface area contributed by atoms with E-state index in [4.69, 9.17) is 10.00 Å². The molecule has 1 aromatic rings.